The Morgan fingerprint density at radius 2 is 2.50 bits per heavy atom. The number of nitrogens with zero attached hydrogens (tertiary/aromatic N) is 2. The summed E-state index contributed by atoms with van der Waals surface area (Å²) in [5, 5.41) is 3.30. The third-order valence-corrected chi connectivity index (χ3v) is 3.53. The Labute approximate surface area is 108 Å². The van der Waals surface area contributed by atoms with Crippen molar-refractivity contribution in [1.82, 2.24) is 15.2 Å². The molecule has 0 bridgehead atoms. The van der Waals surface area contributed by atoms with Crippen molar-refractivity contribution in [1.29, 1.82) is 0 Å². The molecule has 1 aromatic rings. The summed E-state index contributed by atoms with van der Waals surface area (Å²) in [4.78, 5) is 6.55. The van der Waals surface area contributed by atoms with Crippen molar-refractivity contribution < 1.29 is 4.74 Å². The van der Waals surface area contributed by atoms with E-state index in [9.17, 15) is 0 Å². The predicted molar refractivity (Wildman–Crippen MR) is 72.3 cm³/mol. The van der Waals surface area contributed by atoms with Crippen molar-refractivity contribution in [2.75, 3.05) is 39.0 Å². The van der Waals surface area contributed by atoms with E-state index in [0.717, 1.165) is 37.5 Å². The first kappa shape index (κ1) is 13.3. The van der Waals surface area contributed by atoms with Gasteiger partial charge in [-0.15, -0.1) is 0 Å². The van der Waals surface area contributed by atoms with Crippen molar-refractivity contribution >= 4 is 5.69 Å². The normalized spacial score (nSPS) is 22.9. The standard InChI is InChI=1S/C13H22N4O/c1-3-17-6-7-18-12(9-17)13(15-2)10-8-16-5-4-11(10)14/h4-5,8,12-13,15H,3,6-7,9H2,1-2H3,(H2,14,16). The van der Waals surface area contributed by atoms with Gasteiger partial charge in [0.15, 0.2) is 0 Å². The molecular formula is C13H22N4O. The SMILES string of the molecule is CCN1CCOC(C(NC)c2cnccc2N)C1. The first-order valence-electron chi connectivity index (χ1n) is 6.46. The zero-order valence-corrected chi connectivity index (χ0v) is 11.1. The van der Waals surface area contributed by atoms with Crippen molar-refractivity contribution in [3.8, 4) is 0 Å². The molecule has 100 valence electrons. The van der Waals surface area contributed by atoms with Crippen LogP contribution in [0.5, 0.6) is 0 Å². The van der Waals surface area contributed by atoms with Crippen LogP contribution < -0.4 is 11.1 Å². The second kappa shape index (κ2) is 6.13. The molecule has 0 aromatic carbocycles. The van der Waals surface area contributed by atoms with Gasteiger partial charge in [-0.1, -0.05) is 6.92 Å². The number of likely N-dealkylation sites (N-methyl/N-ethyl adjacent to an activating group) is 2. The summed E-state index contributed by atoms with van der Waals surface area (Å²) in [7, 11) is 1.94. The van der Waals surface area contributed by atoms with Crippen LogP contribution in [-0.4, -0.2) is 49.3 Å². The van der Waals surface area contributed by atoms with Gasteiger partial charge in [0.2, 0.25) is 0 Å². The number of hydrogen-bond donors (Lipinski definition) is 2. The highest BCUT2D eigenvalue weighted by Gasteiger charge is 2.28. The largest absolute Gasteiger partial charge is 0.398 e. The molecule has 0 amide bonds. The Hall–Kier alpha value is -1.17. The number of nitrogens with one attached hydrogen (secondary N) is 1. The van der Waals surface area contributed by atoms with Gasteiger partial charge in [0, 0.05) is 36.7 Å². The minimum atomic E-state index is 0.0908. The zero-order chi connectivity index (χ0) is 13.0. The summed E-state index contributed by atoms with van der Waals surface area (Å²) in [5.74, 6) is 0. The maximum Gasteiger partial charge on any atom is 0.0898 e. The van der Waals surface area contributed by atoms with Gasteiger partial charge in [-0.2, -0.15) is 0 Å². The lowest BCUT2D eigenvalue weighted by Crippen LogP contribution is -2.47. The van der Waals surface area contributed by atoms with Gasteiger partial charge >= 0.3 is 0 Å². The van der Waals surface area contributed by atoms with E-state index in [2.05, 4.69) is 22.1 Å². The Bertz CT molecular complexity index is 385. The lowest BCUT2D eigenvalue weighted by Gasteiger charge is -2.36. The van der Waals surface area contributed by atoms with E-state index < -0.39 is 0 Å². The van der Waals surface area contributed by atoms with E-state index in [1.54, 1.807) is 6.20 Å². The summed E-state index contributed by atoms with van der Waals surface area (Å²) in [6, 6.07) is 1.92. The fourth-order valence-electron chi connectivity index (χ4n) is 2.44. The molecule has 3 N–H and O–H groups in total. The maximum atomic E-state index is 6.02. The first-order chi connectivity index (χ1) is 8.76. The molecule has 1 aliphatic rings. The fraction of sp³-hybridized carbons (Fsp3) is 0.615. The molecule has 0 spiro atoms. The van der Waals surface area contributed by atoms with E-state index in [0.29, 0.717) is 0 Å². The summed E-state index contributed by atoms with van der Waals surface area (Å²) < 4.78 is 5.88. The maximum absolute atomic E-state index is 6.02. The van der Waals surface area contributed by atoms with E-state index in [4.69, 9.17) is 10.5 Å². The molecule has 0 radical (unpaired) electrons. The Morgan fingerprint density at radius 3 is 3.17 bits per heavy atom. The van der Waals surface area contributed by atoms with E-state index in [1.807, 2.05) is 19.3 Å². The molecule has 0 saturated carbocycles. The number of aromatic nitrogens is 1. The minimum Gasteiger partial charge on any atom is -0.398 e. The van der Waals surface area contributed by atoms with E-state index in [-0.39, 0.29) is 12.1 Å². The van der Waals surface area contributed by atoms with Crippen molar-refractivity contribution in [2.45, 2.75) is 19.1 Å². The lowest BCUT2D eigenvalue weighted by molar-refractivity contribution is -0.0443. The van der Waals surface area contributed by atoms with Crippen LogP contribution in [0.15, 0.2) is 18.5 Å². The topological polar surface area (TPSA) is 63.4 Å². The quantitative estimate of drug-likeness (QED) is 0.821. The highest BCUT2D eigenvalue weighted by molar-refractivity contribution is 5.46. The zero-order valence-electron chi connectivity index (χ0n) is 11.1. The minimum absolute atomic E-state index is 0.0908. The summed E-state index contributed by atoms with van der Waals surface area (Å²) in [5.41, 5.74) is 7.80. The number of nitrogen functional groups attached to an aromatic ring is 1. The molecule has 2 unspecified atom stereocenters. The predicted octanol–water partition coefficient (Wildman–Crippen LogP) is 0.645. The molecule has 1 saturated heterocycles. The summed E-state index contributed by atoms with van der Waals surface area (Å²) in [6.45, 7) is 5.94. The Kier molecular flexibility index (Phi) is 4.52. The van der Waals surface area contributed by atoms with Crippen LogP contribution in [0.1, 0.15) is 18.5 Å². The molecular weight excluding hydrogens is 228 g/mol. The van der Waals surface area contributed by atoms with E-state index >= 15 is 0 Å². The lowest BCUT2D eigenvalue weighted by atomic mass is 10.0. The second-order valence-electron chi connectivity index (χ2n) is 4.57. The van der Waals surface area contributed by atoms with Crippen LogP contribution in [0, 0.1) is 0 Å². The molecule has 0 aliphatic carbocycles. The number of rotatable bonds is 4. The molecule has 1 fully saturated rings. The van der Waals surface area contributed by atoms with Crippen molar-refractivity contribution in [2.24, 2.45) is 0 Å². The molecule has 2 rings (SSSR count). The number of nitrogens with two attached hydrogens (primary N) is 1. The van der Waals surface area contributed by atoms with Crippen LogP contribution in [0.2, 0.25) is 0 Å². The van der Waals surface area contributed by atoms with Crippen molar-refractivity contribution in [3.05, 3.63) is 24.0 Å². The van der Waals surface area contributed by atoms with Crippen LogP contribution >= 0.6 is 0 Å². The third-order valence-electron chi connectivity index (χ3n) is 3.53. The molecule has 5 nitrogen and oxygen atoms in total. The Balaban J connectivity index is 2.15. The fourth-order valence-corrected chi connectivity index (χ4v) is 2.44. The van der Waals surface area contributed by atoms with Gasteiger partial charge in [-0.25, -0.2) is 0 Å². The highest BCUT2D eigenvalue weighted by Crippen LogP contribution is 2.25. The number of anilines is 1. The van der Waals surface area contributed by atoms with Gasteiger partial charge in [0.1, 0.15) is 0 Å². The van der Waals surface area contributed by atoms with Gasteiger partial charge < -0.3 is 15.8 Å². The molecule has 2 atom stereocenters. The van der Waals surface area contributed by atoms with Crippen LogP contribution in [0.3, 0.4) is 0 Å². The molecule has 1 aliphatic heterocycles. The highest BCUT2D eigenvalue weighted by atomic mass is 16.5. The molecule has 2 heterocycles. The van der Waals surface area contributed by atoms with Gasteiger partial charge in [0.05, 0.1) is 18.8 Å². The van der Waals surface area contributed by atoms with Crippen LogP contribution in [0.25, 0.3) is 0 Å². The van der Waals surface area contributed by atoms with E-state index in [1.165, 1.54) is 0 Å². The van der Waals surface area contributed by atoms with Crippen molar-refractivity contribution in [3.63, 3.8) is 0 Å². The third kappa shape index (κ3) is 2.80. The van der Waals surface area contributed by atoms with Gasteiger partial charge in [-0.3, -0.25) is 9.88 Å². The summed E-state index contributed by atoms with van der Waals surface area (Å²) >= 11 is 0. The summed E-state index contributed by atoms with van der Waals surface area (Å²) in [6.07, 6.45) is 3.66. The first-order valence-corrected chi connectivity index (χ1v) is 6.46. The van der Waals surface area contributed by atoms with Gasteiger partial charge in [-0.05, 0) is 19.7 Å². The monoisotopic (exact) mass is 250 g/mol. The number of ether oxygens (including phenoxy) is 1. The number of pyridine rings is 1. The van der Waals surface area contributed by atoms with Crippen LogP contribution in [-0.2, 0) is 4.74 Å². The molecule has 18 heavy (non-hydrogen) atoms. The number of morpholine rings is 1. The average molecular weight is 250 g/mol. The number of hydrogen-bond acceptors (Lipinski definition) is 5. The molecule has 5 heteroatoms. The average Bonchev–Trinajstić information content (AvgIpc) is 2.42. The smallest absolute Gasteiger partial charge is 0.0898 e. The second-order valence-corrected chi connectivity index (χ2v) is 4.57. The van der Waals surface area contributed by atoms with Gasteiger partial charge in [0.25, 0.3) is 0 Å². The van der Waals surface area contributed by atoms with Crippen LogP contribution in [0.4, 0.5) is 5.69 Å². The Morgan fingerprint density at radius 1 is 1.67 bits per heavy atom. The molecule has 1 aromatic heterocycles.